The molecule has 2 heterocycles. The number of hydrogen-bond donors (Lipinski definition) is 1. The minimum atomic E-state index is 0.601. The number of ether oxygens (including phenoxy) is 2. The number of aryl methyl sites for hydroxylation is 1. The molecule has 0 amide bonds. The van der Waals surface area contributed by atoms with Crippen LogP contribution in [0.4, 0.5) is 0 Å². The third kappa shape index (κ3) is 3.68. The van der Waals surface area contributed by atoms with Crippen LogP contribution in [-0.4, -0.2) is 31.3 Å². The van der Waals surface area contributed by atoms with Crippen molar-refractivity contribution in [3.05, 3.63) is 23.5 Å². The molecule has 0 spiro atoms. The molecule has 0 saturated carbocycles. The zero-order valence-electron chi connectivity index (χ0n) is 11.0. The molecule has 1 aliphatic rings. The Morgan fingerprint density at radius 3 is 2.89 bits per heavy atom. The van der Waals surface area contributed by atoms with E-state index in [4.69, 9.17) is 15.2 Å². The van der Waals surface area contributed by atoms with Gasteiger partial charge in [-0.3, -0.25) is 4.98 Å². The highest BCUT2D eigenvalue weighted by Gasteiger charge is 2.15. The summed E-state index contributed by atoms with van der Waals surface area (Å²) in [4.78, 5) is 4.50. The van der Waals surface area contributed by atoms with Crippen LogP contribution >= 0.6 is 0 Å². The maximum atomic E-state index is 5.91. The van der Waals surface area contributed by atoms with Gasteiger partial charge in [-0.25, -0.2) is 0 Å². The van der Waals surface area contributed by atoms with Gasteiger partial charge in [0, 0.05) is 25.3 Å². The van der Waals surface area contributed by atoms with Crippen LogP contribution in [0.5, 0.6) is 5.75 Å². The lowest BCUT2D eigenvalue weighted by atomic mass is 10.0. The maximum absolute atomic E-state index is 5.91. The van der Waals surface area contributed by atoms with Crippen LogP contribution in [0.3, 0.4) is 0 Å². The highest BCUT2D eigenvalue weighted by molar-refractivity contribution is 5.29. The van der Waals surface area contributed by atoms with Crippen molar-refractivity contribution < 1.29 is 9.47 Å². The third-order valence-corrected chi connectivity index (χ3v) is 3.27. The Bertz CT molecular complexity index is 376. The quantitative estimate of drug-likeness (QED) is 0.864. The summed E-state index contributed by atoms with van der Waals surface area (Å²) in [6.45, 7) is 5.06. The first-order chi connectivity index (χ1) is 8.79. The van der Waals surface area contributed by atoms with Gasteiger partial charge in [-0.05, 0) is 44.4 Å². The Balaban J connectivity index is 1.94. The molecule has 1 aliphatic heterocycles. The molecular weight excluding hydrogens is 228 g/mol. The normalized spacial score (nSPS) is 16.8. The molecule has 0 unspecified atom stereocenters. The lowest BCUT2D eigenvalue weighted by Crippen LogP contribution is -2.22. The number of nitrogens with zero attached hydrogens (tertiary/aromatic N) is 1. The monoisotopic (exact) mass is 250 g/mol. The number of pyridine rings is 1. The van der Waals surface area contributed by atoms with E-state index in [1.807, 2.05) is 19.1 Å². The molecule has 0 atom stereocenters. The van der Waals surface area contributed by atoms with Gasteiger partial charge < -0.3 is 15.2 Å². The molecular formula is C14H22N2O2. The fourth-order valence-electron chi connectivity index (χ4n) is 2.17. The second kappa shape index (κ2) is 6.71. The average molecular weight is 250 g/mol. The predicted octanol–water partition coefficient (Wildman–Crippen LogP) is 1.70. The van der Waals surface area contributed by atoms with Gasteiger partial charge in [-0.15, -0.1) is 0 Å². The summed E-state index contributed by atoms with van der Waals surface area (Å²) in [7, 11) is 0. The van der Waals surface area contributed by atoms with E-state index < -0.39 is 0 Å². The van der Waals surface area contributed by atoms with Gasteiger partial charge in [0.2, 0.25) is 0 Å². The van der Waals surface area contributed by atoms with E-state index in [2.05, 4.69) is 4.98 Å². The molecule has 2 N–H and O–H groups in total. The smallest absolute Gasteiger partial charge is 0.140 e. The highest BCUT2D eigenvalue weighted by atomic mass is 16.5. The summed E-state index contributed by atoms with van der Waals surface area (Å²) >= 11 is 0. The molecule has 18 heavy (non-hydrogen) atoms. The van der Waals surface area contributed by atoms with Gasteiger partial charge in [-0.1, -0.05) is 0 Å². The van der Waals surface area contributed by atoms with E-state index in [1.165, 1.54) is 0 Å². The van der Waals surface area contributed by atoms with Gasteiger partial charge in [0.25, 0.3) is 0 Å². The van der Waals surface area contributed by atoms with Crippen molar-refractivity contribution in [1.29, 1.82) is 0 Å². The number of rotatable bonds is 5. The highest BCUT2D eigenvalue weighted by Crippen LogP contribution is 2.21. The summed E-state index contributed by atoms with van der Waals surface area (Å²) in [5, 5.41) is 0. The van der Waals surface area contributed by atoms with Gasteiger partial charge in [0.1, 0.15) is 5.75 Å². The number of aromatic nitrogens is 1. The minimum Gasteiger partial charge on any atom is -0.491 e. The fraction of sp³-hybridized carbons (Fsp3) is 0.643. The van der Waals surface area contributed by atoms with Gasteiger partial charge in [0.15, 0.2) is 0 Å². The Hall–Kier alpha value is -1.13. The summed E-state index contributed by atoms with van der Waals surface area (Å²) in [6, 6.07) is 3.99. The molecule has 1 fully saturated rings. The predicted molar refractivity (Wildman–Crippen MR) is 70.8 cm³/mol. The summed E-state index contributed by atoms with van der Waals surface area (Å²) in [5.41, 5.74) is 7.59. The van der Waals surface area contributed by atoms with Crippen molar-refractivity contribution in [1.82, 2.24) is 4.98 Å². The second-order valence-corrected chi connectivity index (χ2v) is 4.80. The van der Waals surface area contributed by atoms with Crippen molar-refractivity contribution in [2.24, 2.45) is 11.7 Å². The Morgan fingerprint density at radius 2 is 2.17 bits per heavy atom. The summed E-state index contributed by atoms with van der Waals surface area (Å²) in [6.07, 6.45) is 2.95. The summed E-state index contributed by atoms with van der Waals surface area (Å²) in [5.74, 6) is 1.49. The topological polar surface area (TPSA) is 57.4 Å². The molecule has 0 aliphatic carbocycles. The van der Waals surface area contributed by atoms with Crippen molar-refractivity contribution in [2.75, 3.05) is 26.4 Å². The van der Waals surface area contributed by atoms with E-state index in [1.54, 1.807) is 0 Å². The fourth-order valence-corrected chi connectivity index (χ4v) is 2.17. The van der Waals surface area contributed by atoms with E-state index >= 15 is 0 Å². The average Bonchev–Trinajstić information content (AvgIpc) is 2.39. The molecule has 1 saturated heterocycles. The van der Waals surface area contributed by atoms with Crippen molar-refractivity contribution in [3.63, 3.8) is 0 Å². The molecule has 100 valence electrons. The molecule has 2 rings (SSSR count). The van der Waals surface area contributed by atoms with Crippen LogP contribution in [-0.2, 0) is 11.2 Å². The van der Waals surface area contributed by atoms with Gasteiger partial charge >= 0.3 is 0 Å². The van der Waals surface area contributed by atoms with E-state index in [-0.39, 0.29) is 0 Å². The van der Waals surface area contributed by atoms with E-state index in [9.17, 15) is 0 Å². The second-order valence-electron chi connectivity index (χ2n) is 4.80. The largest absolute Gasteiger partial charge is 0.491 e. The van der Waals surface area contributed by atoms with E-state index in [0.29, 0.717) is 12.5 Å². The van der Waals surface area contributed by atoms with Crippen LogP contribution in [0.1, 0.15) is 24.2 Å². The summed E-state index contributed by atoms with van der Waals surface area (Å²) < 4.78 is 11.3. The van der Waals surface area contributed by atoms with Crippen LogP contribution in [0.2, 0.25) is 0 Å². The zero-order valence-corrected chi connectivity index (χ0v) is 11.0. The van der Waals surface area contributed by atoms with Crippen molar-refractivity contribution in [2.45, 2.75) is 26.2 Å². The lowest BCUT2D eigenvalue weighted by molar-refractivity contribution is 0.0495. The van der Waals surface area contributed by atoms with Crippen LogP contribution in [0, 0.1) is 12.8 Å². The molecule has 4 heteroatoms. The first-order valence-electron chi connectivity index (χ1n) is 6.66. The Morgan fingerprint density at radius 1 is 1.39 bits per heavy atom. The number of nitrogens with two attached hydrogens (primary N) is 1. The first-order valence-corrected chi connectivity index (χ1v) is 6.66. The number of hydrogen-bond acceptors (Lipinski definition) is 4. The van der Waals surface area contributed by atoms with Gasteiger partial charge in [-0.2, -0.15) is 0 Å². The minimum absolute atomic E-state index is 0.601. The SMILES string of the molecule is Cc1ccc(OCC2CCOCC2)c(CCN)n1. The van der Waals surface area contributed by atoms with Crippen molar-refractivity contribution >= 4 is 0 Å². The van der Waals surface area contributed by atoms with Crippen LogP contribution in [0.15, 0.2) is 12.1 Å². The van der Waals surface area contributed by atoms with Crippen LogP contribution < -0.4 is 10.5 Å². The molecule has 0 radical (unpaired) electrons. The van der Waals surface area contributed by atoms with Gasteiger partial charge in [0.05, 0.1) is 12.3 Å². The Kier molecular flexibility index (Phi) is 4.96. The van der Waals surface area contributed by atoms with Crippen LogP contribution in [0.25, 0.3) is 0 Å². The van der Waals surface area contributed by atoms with Crippen molar-refractivity contribution in [3.8, 4) is 5.75 Å². The molecule has 0 bridgehead atoms. The third-order valence-electron chi connectivity index (χ3n) is 3.27. The van der Waals surface area contributed by atoms with E-state index in [0.717, 1.165) is 56.2 Å². The molecule has 0 aromatic carbocycles. The molecule has 1 aromatic heterocycles. The standard InChI is InChI=1S/C14H22N2O2/c1-11-2-3-14(13(16-11)4-7-15)18-10-12-5-8-17-9-6-12/h2-3,12H,4-10,15H2,1H3. The lowest BCUT2D eigenvalue weighted by Gasteiger charge is -2.22. The molecule has 4 nitrogen and oxygen atoms in total. The Labute approximate surface area is 108 Å². The zero-order chi connectivity index (χ0) is 12.8. The molecule has 1 aromatic rings. The maximum Gasteiger partial charge on any atom is 0.140 e. The first kappa shape index (κ1) is 13.3.